The van der Waals surface area contributed by atoms with Crippen molar-refractivity contribution in [3.05, 3.63) is 63.0 Å². The molecule has 0 aliphatic heterocycles. The van der Waals surface area contributed by atoms with E-state index < -0.39 is 21.3 Å². The Hall–Kier alpha value is -0.227. The van der Waals surface area contributed by atoms with E-state index in [1.165, 1.54) is 44.1 Å². The van der Waals surface area contributed by atoms with Crippen molar-refractivity contribution in [3.63, 3.8) is 0 Å². The van der Waals surface area contributed by atoms with Crippen molar-refractivity contribution >= 4 is 9.28 Å². The first-order valence-electron chi connectivity index (χ1n) is 8.28. The molecule has 3 aliphatic carbocycles. The van der Waals surface area contributed by atoms with Gasteiger partial charge < -0.3 is 24.8 Å². The van der Waals surface area contributed by atoms with Crippen molar-refractivity contribution in [1.29, 1.82) is 0 Å². The molecule has 1 aromatic carbocycles. The first-order chi connectivity index (χ1) is 10.4. The number of benzene rings is 1. The number of allylic oxidation sites excluding steroid dienone is 5. The Labute approximate surface area is 159 Å². The molecular formula is C20H22Cl2Zr. The fourth-order valence-corrected chi connectivity index (χ4v) is 13.0. The van der Waals surface area contributed by atoms with E-state index >= 15 is 0 Å². The molecular weight excluding hydrogens is 402 g/mol. The number of halogens is 2. The van der Waals surface area contributed by atoms with E-state index in [9.17, 15) is 0 Å². The summed E-state index contributed by atoms with van der Waals surface area (Å²) in [4.78, 5) is 0. The molecule has 0 aromatic heterocycles. The average molecular weight is 425 g/mol. The molecule has 0 N–H and O–H groups in total. The Morgan fingerprint density at radius 2 is 1.74 bits per heavy atom. The molecule has 1 atom stereocenters. The molecule has 1 fully saturated rings. The fraction of sp³-hybridized carbons (Fsp3) is 0.350. The molecule has 3 heteroatoms. The molecule has 0 spiro atoms. The third-order valence-corrected chi connectivity index (χ3v) is 13.5. The van der Waals surface area contributed by atoms with Crippen molar-refractivity contribution in [3.8, 4) is 0 Å². The molecule has 23 heavy (non-hydrogen) atoms. The van der Waals surface area contributed by atoms with Crippen LogP contribution < -0.4 is 24.8 Å². The minimum Gasteiger partial charge on any atom is -1.00 e. The van der Waals surface area contributed by atoms with E-state index in [2.05, 4.69) is 54.6 Å². The van der Waals surface area contributed by atoms with Gasteiger partial charge in [0.25, 0.3) is 0 Å². The van der Waals surface area contributed by atoms with E-state index in [4.69, 9.17) is 0 Å². The first-order valence-corrected chi connectivity index (χ1v) is 12.2. The van der Waals surface area contributed by atoms with Gasteiger partial charge in [0.2, 0.25) is 0 Å². The second-order valence-electron chi connectivity index (χ2n) is 6.37. The Kier molecular flexibility index (Phi) is 7.27. The predicted octanol–water partition coefficient (Wildman–Crippen LogP) is -0.639. The van der Waals surface area contributed by atoms with Crippen LogP contribution in [0, 0.1) is 0 Å². The first kappa shape index (κ1) is 19.1. The molecule has 0 radical (unpaired) electrons. The standard InChI is InChI=1S/C9H7.C6H10.C5H5.2ClH.Zr/c1-2-5-9-7-3-6-8(9)4-1;1-2-4-6-5-3-1;1-2-4-5-3-1;;;/h1-7H;1-5H2;1-3H,4H2;2*1H;/q;;;;;+2/p-2. The van der Waals surface area contributed by atoms with Crippen molar-refractivity contribution < 1.29 is 46.1 Å². The van der Waals surface area contributed by atoms with E-state index in [0.717, 1.165) is 3.63 Å². The second-order valence-corrected chi connectivity index (χ2v) is 13.2. The van der Waals surface area contributed by atoms with Gasteiger partial charge in [-0.25, -0.2) is 0 Å². The maximum Gasteiger partial charge on any atom is -1.00 e. The van der Waals surface area contributed by atoms with Crippen LogP contribution in [0.3, 0.4) is 0 Å². The van der Waals surface area contributed by atoms with Gasteiger partial charge in [-0.05, 0) is 0 Å². The van der Waals surface area contributed by atoms with Crippen molar-refractivity contribution in [2.75, 3.05) is 0 Å². The summed E-state index contributed by atoms with van der Waals surface area (Å²) in [5.41, 5.74) is 3.10. The molecule has 0 amide bonds. The van der Waals surface area contributed by atoms with Crippen molar-refractivity contribution in [2.45, 2.75) is 42.2 Å². The molecule has 0 nitrogen and oxygen atoms in total. The van der Waals surface area contributed by atoms with Gasteiger partial charge >= 0.3 is 136 Å². The minimum atomic E-state index is -1.72. The quantitative estimate of drug-likeness (QED) is 0.593. The summed E-state index contributed by atoms with van der Waals surface area (Å²) in [7, 11) is 0. The van der Waals surface area contributed by atoms with Gasteiger partial charge in [0.1, 0.15) is 0 Å². The van der Waals surface area contributed by atoms with Crippen LogP contribution in [0.4, 0.5) is 0 Å². The molecule has 0 bridgehead atoms. The second kappa shape index (κ2) is 8.75. The maximum atomic E-state index is 2.54. The van der Waals surface area contributed by atoms with Crippen LogP contribution in [0.1, 0.15) is 53.3 Å². The Balaban J connectivity index is 0.000000960. The normalized spacial score (nSPS) is 20.9. The third-order valence-electron chi connectivity index (χ3n) is 5.07. The fourth-order valence-electron chi connectivity index (χ4n) is 4.04. The minimum absolute atomic E-state index is 0. The van der Waals surface area contributed by atoms with Crippen molar-refractivity contribution in [2.24, 2.45) is 0 Å². The SMILES string of the molecule is C1=CC[C]([Zr+2](=[C]2CCCCC2)[CH]2C=Cc3ccccc32)=C1.[Cl-].[Cl-]. The topological polar surface area (TPSA) is 0 Å². The molecule has 120 valence electrons. The molecule has 4 rings (SSSR count). The van der Waals surface area contributed by atoms with Crippen LogP contribution in [-0.4, -0.2) is 3.21 Å². The Bertz CT molecular complexity index is 675. The summed E-state index contributed by atoms with van der Waals surface area (Å²) in [5, 5.41) is 0. The van der Waals surface area contributed by atoms with Crippen LogP contribution in [-0.2, 0) is 21.3 Å². The molecule has 3 aliphatic rings. The van der Waals surface area contributed by atoms with Crippen LogP contribution >= 0.6 is 0 Å². The van der Waals surface area contributed by atoms with Crippen LogP contribution in [0.5, 0.6) is 0 Å². The molecule has 0 heterocycles. The Morgan fingerprint density at radius 1 is 0.957 bits per heavy atom. The maximum absolute atomic E-state index is 2.54. The summed E-state index contributed by atoms with van der Waals surface area (Å²) in [5.74, 6) is 0. The largest absolute Gasteiger partial charge is 1.00 e. The van der Waals surface area contributed by atoms with E-state index in [1.807, 2.05) is 6.49 Å². The van der Waals surface area contributed by atoms with Gasteiger partial charge in [0, 0.05) is 0 Å². The zero-order valence-electron chi connectivity index (χ0n) is 13.3. The van der Waals surface area contributed by atoms with Gasteiger partial charge in [0.05, 0.1) is 0 Å². The summed E-state index contributed by atoms with van der Waals surface area (Å²) < 4.78 is 4.61. The average Bonchev–Trinajstić information content (AvgIpc) is 3.20. The van der Waals surface area contributed by atoms with Gasteiger partial charge in [-0.15, -0.1) is 0 Å². The number of rotatable bonds is 2. The Morgan fingerprint density at radius 3 is 2.48 bits per heavy atom. The van der Waals surface area contributed by atoms with Crippen molar-refractivity contribution in [1.82, 2.24) is 0 Å². The summed E-state index contributed by atoms with van der Waals surface area (Å²) in [6, 6.07) is 9.08. The molecule has 0 saturated heterocycles. The smallest absolute Gasteiger partial charge is 1.00 e. The van der Waals surface area contributed by atoms with E-state index in [0.29, 0.717) is 0 Å². The number of fused-ring (bicyclic) bond motifs is 1. The van der Waals surface area contributed by atoms with Gasteiger partial charge in [-0.3, -0.25) is 0 Å². The predicted molar refractivity (Wildman–Crippen MR) is 88.1 cm³/mol. The summed E-state index contributed by atoms with van der Waals surface area (Å²) in [6.45, 7) is 0. The zero-order chi connectivity index (χ0) is 14.1. The van der Waals surface area contributed by atoms with Gasteiger partial charge in [-0.2, -0.15) is 0 Å². The van der Waals surface area contributed by atoms with Gasteiger partial charge in [0.15, 0.2) is 0 Å². The van der Waals surface area contributed by atoms with E-state index in [1.54, 1.807) is 5.56 Å². The number of hydrogen-bond donors (Lipinski definition) is 0. The molecule has 1 aromatic rings. The summed E-state index contributed by atoms with van der Waals surface area (Å²) >= 11 is -1.72. The molecule has 1 unspecified atom stereocenters. The zero-order valence-corrected chi connectivity index (χ0v) is 17.2. The summed E-state index contributed by atoms with van der Waals surface area (Å²) in [6.07, 6.45) is 20.5. The third kappa shape index (κ3) is 3.89. The number of hydrogen-bond acceptors (Lipinski definition) is 0. The van der Waals surface area contributed by atoms with Crippen LogP contribution in [0.15, 0.2) is 51.9 Å². The monoisotopic (exact) mass is 422 g/mol. The van der Waals surface area contributed by atoms with Gasteiger partial charge in [-0.1, -0.05) is 0 Å². The van der Waals surface area contributed by atoms with E-state index in [-0.39, 0.29) is 24.8 Å². The molecule has 1 saturated carbocycles. The van der Waals surface area contributed by atoms with Crippen LogP contribution in [0.2, 0.25) is 0 Å². The van der Waals surface area contributed by atoms with Crippen LogP contribution in [0.25, 0.3) is 6.08 Å².